The summed E-state index contributed by atoms with van der Waals surface area (Å²) in [6.45, 7) is 7.16. The van der Waals surface area contributed by atoms with E-state index in [1.54, 1.807) is 19.2 Å². The van der Waals surface area contributed by atoms with Gasteiger partial charge >= 0.3 is 0 Å². The minimum absolute atomic E-state index is 0. The number of hydrogen-bond donors (Lipinski definition) is 3. The van der Waals surface area contributed by atoms with Crippen molar-refractivity contribution in [3.8, 4) is 0 Å². The molecule has 1 rings (SSSR count). The molecule has 0 aliphatic heterocycles. The first kappa shape index (κ1) is 21.6. The van der Waals surface area contributed by atoms with Gasteiger partial charge in [-0.2, -0.15) is 0 Å². The Bertz CT molecular complexity index is 529. The lowest BCUT2D eigenvalue weighted by Gasteiger charge is -2.23. The predicted molar refractivity (Wildman–Crippen MR) is 103 cm³/mol. The highest BCUT2D eigenvalue weighted by atomic mass is 127. The standard InChI is InChI=1S/C16H25FN4O.HI/c1-16(2,3)21-15(18-4)20-9-8-19-14(22)11-12-6-5-7-13(17)10-12;/h5-7,10H,8-9,11H2,1-4H3,(H,19,22)(H2,18,20,21);1H. The van der Waals surface area contributed by atoms with Gasteiger partial charge in [-0.25, -0.2) is 4.39 Å². The maximum absolute atomic E-state index is 13.0. The summed E-state index contributed by atoms with van der Waals surface area (Å²) in [5.41, 5.74) is 0.582. The SMILES string of the molecule is CN=C(NCCNC(=O)Cc1cccc(F)c1)NC(C)(C)C.I. The Labute approximate surface area is 154 Å². The van der Waals surface area contributed by atoms with E-state index in [1.165, 1.54) is 12.1 Å². The fourth-order valence-electron chi connectivity index (χ4n) is 1.81. The molecular formula is C16H26FIN4O. The van der Waals surface area contributed by atoms with E-state index in [4.69, 9.17) is 0 Å². The third kappa shape index (κ3) is 10.1. The first-order valence-corrected chi connectivity index (χ1v) is 7.30. The van der Waals surface area contributed by atoms with Crippen molar-refractivity contribution >= 4 is 35.8 Å². The Kier molecular flexibility index (Phi) is 9.78. The molecule has 0 aliphatic carbocycles. The van der Waals surface area contributed by atoms with E-state index in [2.05, 4.69) is 20.9 Å². The second kappa shape index (κ2) is 10.4. The third-order valence-electron chi connectivity index (χ3n) is 2.71. The Balaban J connectivity index is 0.00000484. The van der Waals surface area contributed by atoms with E-state index >= 15 is 0 Å². The molecule has 0 aromatic heterocycles. The lowest BCUT2D eigenvalue weighted by atomic mass is 10.1. The van der Waals surface area contributed by atoms with Crippen LogP contribution < -0.4 is 16.0 Å². The van der Waals surface area contributed by atoms with E-state index in [-0.39, 0.29) is 47.7 Å². The van der Waals surface area contributed by atoms with E-state index < -0.39 is 0 Å². The Morgan fingerprint density at radius 2 is 1.87 bits per heavy atom. The topological polar surface area (TPSA) is 65.5 Å². The minimum atomic E-state index is -0.330. The molecule has 0 atom stereocenters. The van der Waals surface area contributed by atoms with Crippen LogP contribution in [0.2, 0.25) is 0 Å². The van der Waals surface area contributed by atoms with Gasteiger partial charge in [0.1, 0.15) is 5.82 Å². The van der Waals surface area contributed by atoms with Gasteiger partial charge < -0.3 is 16.0 Å². The molecular weight excluding hydrogens is 410 g/mol. The summed E-state index contributed by atoms with van der Waals surface area (Å²) in [6.07, 6.45) is 0.173. The molecule has 0 aliphatic rings. The molecule has 0 saturated heterocycles. The van der Waals surface area contributed by atoms with Gasteiger partial charge in [0, 0.05) is 25.7 Å². The molecule has 1 aromatic carbocycles. The van der Waals surface area contributed by atoms with Crippen LogP contribution in [0.1, 0.15) is 26.3 Å². The van der Waals surface area contributed by atoms with Gasteiger partial charge in [0.25, 0.3) is 0 Å². The highest BCUT2D eigenvalue weighted by molar-refractivity contribution is 14.0. The first-order chi connectivity index (χ1) is 10.3. The van der Waals surface area contributed by atoms with Gasteiger partial charge in [0.2, 0.25) is 5.91 Å². The number of halogens is 2. The summed E-state index contributed by atoms with van der Waals surface area (Å²) in [5, 5.41) is 9.13. The van der Waals surface area contributed by atoms with Crippen LogP contribution in [0, 0.1) is 5.82 Å². The monoisotopic (exact) mass is 436 g/mol. The third-order valence-corrected chi connectivity index (χ3v) is 2.71. The molecule has 23 heavy (non-hydrogen) atoms. The molecule has 3 N–H and O–H groups in total. The van der Waals surface area contributed by atoms with Crippen LogP contribution in [0.15, 0.2) is 29.3 Å². The maximum Gasteiger partial charge on any atom is 0.224 e. The quantitative estimate of drug-likeness (QED) is 0.287. The van der Waals surface area contributed by atoms with Gasteiger partial charge in [-0.3, -0.25) is 9.79 Å². The van der Waals surface area contributed by atoms with Crippen LogP contribution in [0.5, 0.6) is 0 Å². The molecule has 1 amide bonds. The van der Waals surface area contributed by atoms with Crippen molar-refractivity contribution in [1.82, 2.24) is 16.0 Å². The number of benzene rings is 1. The minimum Gasteiger partial charge on any atom is -0.355 e. The molecule has 5 nitrogen and oxygen atoms in total. The van der Waals surface area contributed by atoms with Crippen molar-refractivity contribution in [1.29, 1.82) is 0 Å². The van der Waals surface area contributed by atoms with Gasteiger partial charge in [0.15, 0.2) is 5.96 Å². The van der Waals surface area contributed by atoms with Crippen molar-refractivity contribution in [2.75, 3.05) is 20.1 Å². The van der Waals surface area contributed by atoms with Gasteiger partial charge in [-0.15, -0.1) is 24.0 Å². The number of aliphatic imine (C=N–C) groups is 1. The molecule has 0 radical (unpaired) electrons. The largest absolute Gasteiger partial charge is 0.355 e. The fourth-order valence-corrected chi connectivity index (χ4v) is 1.81. The van der Waals surface area contributed by atoms with Gasteiger partial charge in [0.05, 0.1) is 6.42 Å². The van der Waals surface area contributed by atoms with Crippen LogP contribution in [0.4, 0.5) is 4.39 Å². The highest BCUT2D eigenvalue weighted by Gasteiger charge is 2.11. The average molecular weight is 436 g/mol. The van der Waals surface area contributed by atoms with Crippen LogP contribution in [-0.4, -0.2) is 37.5 Å². The van der Waals surface area contributed by atoms with Gasteiger partial charge in [-0.05, 0) is 38.5 Å². The zero-order valence-electron chi connectivity index (χ0n) is 14.1. The van der Waals surface area contributed by atoms with E-state index in [0.717, 1.165) is 0 Å². The fraction of sp³-hybridized carbons (Fsp3) is 0.500. The second-order valence-electron chi connectivity index (χ2n) is 6.03. The summed E-state index contributed by atoms with van der Waals surface area (Å²) >= 11 is 0. The summed E-state index contributed by atoms with van der Waals surface area (Å²) in [5.74, 6) is 0.224. The summed E-state index contributed by atoms with van der Waals surface area (Å²) in [4.78, 5) is 15.9. The van der Waals surface area contributed by atoms with E-state index in [9.17, 15) is 9.18 Å². The number of guanidine groups is 1. The maximum atomic E-state index is 13.0. The second-order valence-corrected chi connectivity index (χ2v) is 6.03. The molecule has 1 aromatic rings. The molecule has 130 valence electrons. The lowest BCUT2D eigenvalue weighted by Crippen LogP contribution is -2.49. The zero-order chi connectivity index (χ0) is 16.6. The molecule has 0 bridgehead atoms. The lowest BCUT2D eigenvalue weighted by molar-refractivity contribution is -0.120. The molecule has 0 fully saturated rings. The zero-order valence-corrected chi connectivity index (χ0v) is 16.4. The summed E-state index contributed by atoms with van der Waals surface area (Å²) < 4.78 is 13.0. The summed E-state index contributed by atoms with van der Waals surface area (Å²) in [6, 6.07) is 6.06. The molecule has 0 unspecified atom stereocenters. The van der Waals surface area contributed by atoms with Crippen molar-refractivity contribution < 1.29 is 9.18 Å². The van der Waals surface area contributed by atoms with Crippen molar-refractivity contribution in [3.05, 3.63) is 35.6 Å². The smallest absolute Gasteiger partial charge is 0.224 e. The molecule has 0 saturated carbocycles. The predicted octanol–water partition coefficient (Wildman–Crippen LogP) is 2.07. The molecule has 7 heteroatoms. The Morgan fingerprint density at radius 3 is 2.43 bits per heavy atom. The van der Waals surface area contributed by atoms with Crippen molar-refractivity contribution in [2.24, 2.45) is 4.99 Å². The van der Waals surface area contributed by atoms with Crippen LogP contribution >= 0.6 is 24.0 Å². The van der Waals surface area contributed by atoms with Crippen molar-refractivity contribution in [2.45, 2.75) is 32.7 Å². The summed E-state index contributed by atoms with van der Waals surface area (Å²) in [7, 11) is 1.70. The number of nitrogens with zero attached hydrogens (tertiary/aromatic N) is 1. The number of carbonyl (C=O) groups is 1. The molecule has 0 heterocycles. The van der Waals surface area contributed by atoms with Gasteiger partial charge in [-0.1, -0.05) is 12.1 Å². The number of rotatable bonds is 5. The number of amides is 1. The van der Waals surface area contributed by atoms with Crippen LogP contribution in [0.3, 0.4) is 0 Å². The van der Waals surface area contributed by atoms with E-state index in [0.29, 0.717) is 24.6 Å². The Morgan fingerprint density at radius 1 is 1.22 bits per heavy atom. The Hall–Kier alpha value is -1.38. The number of carbonyl (C=O) groups excluding carboxylic acids is 1. The van der Waals surface area contributed by atoms with Crippen molar-refractivity contribution in [3.63, 3.8) is 0 Å². The number of nitrogens with one attached hydrogen (secondary N) is 3. The first-order valence-electron chi connectivity index (χ1n) is 7.30. The normalized spacial score (nSPS) is 11.4. The highest BCUT2D eigenvalue weighted by Crippen LogP contribution is 2.03. The van der Waals surface area contributed by atoms with Crippen LogP contribution in [0.25, 0.3) is 0 Å². The van der Waals surface area contributed by atoms with E-state index in [1.807, 2.05) is 20.8 Å². The average Bonchev–Trinajstić information content (AvgIpc) is 2.41. The molecule has 0 spiro atoms. The van der Waals surface area contributed by atoms with Crippen LogP contribution in [-0.2, 0) is 11.2 Å². The number of hydrogen-bond acceptors (Lipinski definition) is 2.